The maximum absolute atomic E-state index is 14.3. The molecule has 4 heteroatoms. The summed E-state index contributed by atoms with van der Waals surface area (Å²) >= 11 is 0. The van der Waals surface area contributed by atoms with Gasteiger partial charge in [-0.3, -0.25) is 0 Å². The van der Waals surface area contributed by atoms with Gasteiger partial charge in [-0.15, -0.1) is 0 Å². The van der Waals surface area contributed by atoms with E-state index < -0.39 is 11.2 Å². The Bertz CT molecular complexity index is 431. The number of rotatable bonds is 4. The van der Waals surface area contributed by atoms with Crippen LogP contribution in [0.2, 0.25) is 0 Å². The monoisotopic (exact) mass is 255 g/mol. The maximum Gasteiger partial charge on any atom is 0.167 e. The van der Waals surface area contributed by atoms with Gasteiger partial charge < -0.3 is 15.2 Å². The summed E-state index contributed by atoms with van der Waals surface area (Å²) in [7, 11) is 3.03. The van der Waals surface area contributed by atoms with Crippen molar-refractivity contribution in [1.29, 1.82) is 0 Å². The first kappa shape index (κ1) is 14.8. The van der Waals surface area contributed by atoms with E-state index in [9.17, 15) is 4.39 Å². The van der Waals surface area contributed by atoms with E-state index in [0.717, 1.165) is 5.56 Å². The Morgan fingerprint density at radius 3 is 1.94 bits per heavy atom. The molecule has 1 aromatic carbocycles. The zero-order valence-corrected chi connectivity index (χ0v) is 11.9. The third-order valence-corrected chi connectivity index (χ3v) is 2.86. The number of benzene rings is 1. The highest BCUT2D eigenvalue weighted by molar-refractivity contribution is 5.52. The number of alkyl halides is 1. The molecule has 0 spiro atoms. The van der Waals surface area contributed by atoms with Gasteiger partial charge in [-0.05, 0) is 45.4 Å². The number of hydrogen-bond donors (Lipinski definition) is 1. The van der Waals surface area contributed by atoms with Crippen molar-refractivity contribution in [2.75, 3.05) is 14.2 Å². The topological polar surface area (TPSA) is 44.5 Å². The third kappa shape index (κ3) is 2.93. The van der Waals surface area contributed by atoms with E-state index >= 15 is 0 Å². The van der Waals surface area contributed by atoms with Gasteiger partial charge in [0.15, 0.2) is 11.5 Å². The molecule has 0 aliphatic carbocycles. The summed E-state index contributed by atoms with van der Waals surface area (Å²) in [4.78, 5) is 0. The first-order valence-corrected chi connectivity index (χ1v) is 5.86. The molecule has 0 aromatic heterocycles. The van der Waals surface area contributed by atoms with E-state index in [1.807, 2.05) is 13.8 Å². The van der Waals surface area contributed by atoms with Crippen LogP contribution < -0.4 is 15.2 Å². The summed E-state index contributed by atoms with van der Waals surface area (Å²) in [5.74, 6) is 0.909. The molecule has 0 amide bonds. The number of hydrogen-bond acceptors (Lipinski definition) is 3. The molecule has 0 unspecified atom stereocenters. The van der Waals surface area contributed by atoms with Crippen molar-refractivity contribution in [3.63, 3.8) is 0 Å². The number of ether oxygens (including phenoxy) is 2. The van der Waals surface area contributed by atoms with Gasteiger partial charge in [-0.25, -0.2) is 4.39 Å². The summed E-state index contributed by atoms with van der Waals surface area (Å²) in [5, 5.41) is 0. The minimum Gasteiger partial charge on any atom is -0.493 e. The Hall–Kier alpha value is -1.29. The van der Waals surface area contributed by atoms with Crippen LogP contribution in [0.5, 0.6) is 11.5 Å². The second-order valence-electron chi connectivity index (χ2n) is 5.45. The van der Waals surface area contributed by atoms with Gasteiger partial charge in [-0.2, -0.15) is 0 Å². The SMILES string of the molecule is COc1cc(C(C)(C)N)cc(C(C)(C)F)c1OC. The lowest BCUT2D eigenvalue weighted by Crippen LogP contribution is -2.29. The average molecular weight is 255 g/mol. The Kier molecular flexibility index (Phi) is 3.91. The van der Waals surface area contributed by atoms with Crippen LogP contribution in [-0.4, -0.2) is 14.2 Å². The third-order valence-electron chi connectivity index (χ3n) is 2.86. The van der Waals surface area contributed by atoms with Crippen molar-refractivity contribution in [1.82, 2.24) is 0 Å². The van der Waals surface area contributed by atoms with Gasteiger partial charge in [-0.1, -0.05) is 0 Å². The standard InChI is InChI=1S/C14H22FNO2/c1-13(2,15)10-7-9(14(3,4)16)8-11(17-5)12(10)18-6/h7-8H,16H2,1-6H3. The van der Waals surface area contributed by atoms with Crippen molar-refractivity contribution in [3.05, 3.63) is 23.3 Å². The number of methoxy groups -OCH3 is 2. The van der Waals surface area contributed by atoms with Crippen LogP contribution in [0.15, 0.2) is 12.1 Å². The van der Waals surface area contributed by atoms with Crippen molar-refractivity contribution in [2.24, 2.45) is 5.73 Å². The zero-order valence-electron chi connectivity index (χ0n) is 11.9. The molecular weight excluding hydrogens is 233 g/mol. The van der Waals surface area contributed by atoms with Crippen molar-refractivity contribution >= 4 is 0 Å². The van der Waals surface area contributed by atoms with Gasteiger partial charge >= 0.3 is 0 Å². The zero-order chi connectivity index (χ0) is 14.1. The van der Waals surface area contributed by atoms with Crippen molar-refractivity contribution in [2.45, 2.75) is 38.9 Å². The minimum absolute atomic E-state index is 0.415. The quantitative estimate of drug-likeness (QED) is 0.899. The Morgan fingerprint density at radius 2 is 1.61 bits per heavy atom. The molecule has 0 atom stereocenters. The van der Waals surface area contributed by atoms with Gasteiger partial charge in [0.25, 0.3) is 0 Å². The van der Waals surface area contributed by atoms with E-state index in [0.29, 0.717) is 17.1 Å². The van der Waals surface area contributed by atoms with E-state index in [4.69, 9.17) is 15.2 Å². The lowest BCUT2D eigenvalue weighted by atomic mass is 9.89. The molecule has 0 bridgehead atoms. The van der Waals surface area contributed by atoms with Gasteiger partial charge in [0.2, 0.25) is 0 Å². The lowest BCUT2D eigenvalue weighted by molar-refractivity contribution is 0.210. The smallest absolute Gasteiger partial charge is 0.167 e. The first-order chi connectivity index (χ1) is 8.11. The molecule has 0 saturated heterocycles. The Morgan fingerprint density at radius 1 is 1.06 bits per heavy atom. The predicted octanol–water partition coefficient (Wildman–Crippen LogP) is 3.10. The predicted molar refractivity (Wildman–Crippen MR) is 70.9 cm³/mol. The van der Waals surface area contributed by atoms with Crippen LogP contribution in [0.3, 0.4) is 0 Å². The Labute approximate surface area is 108 Å². The fourth-order valence-corrected chi connectivity index (χ4v) is 1.78. The highest BCUT2D eigenvalue weighted by Gasteiger charge is 2.29. The van der Waals surface area contributed by atoms with Gasteiger partial charge in [0.1, 0.15) is 5.67 Å². The molecule has 0 aliphatic rings. The molecule has 0 saturated carbocycles. The van der Waals surface area contributed by atoms with Crippen LogP contribution in [-0.2, 0) is 11.2 Å². The fourth-order valence-electron chi connectivity index (χ4n) is 1.78. The molecule has 0 fully saturated rings. The lowest BCUT2D eigenvalue weighted by Gasteiger charge is -2.26. The van der Waals surface area contributed by atoms with Crippen LogP contribution in [0.1, 0.15) is 38.8 Å². The summed E-state index contributed by atoms with van der Waals surface area (Å²) in [6, 6.07) is 3.52. The maximum atomic E-state index is 14.3. The Balaban J connectivity index is 3.57. The molecule has 2 N–H and O–H groups in total. The second kappa shape index (κ2) is 4.76. The highest BCUT2D eigenvalue weighted by Crippen LogP contribution is 2.41. The molecule has 0 aliphatic heterocycles. The van der Waals surface area contributed by atoms with Crippen molar-refractivity contribution < 1.29 is 13.9 Å². The fraction of sp³-hybridized carbons (Fsp3) is 0.571. The molecule has 1 aromatic rings. The van der Waals surface area contributed by atoms with E-state index in [1.165, 1.54) is 28.1 Å². The molecule has 18 heavy (non-hydrogen) atoms. The summed E-state index contributed by atoms with van der Waals surface area (Å²) in [6.45, 7) is 6.70. The molecule has 1 rings (SSSR count). The molecule has 0 heterocycles. The van der Waals surface area contributed by atoms with Gasteiger partial charge in [0.05, 0.1) is 14.2 Å². The average Bonchev–Trinajstić information content (AvgIpc) is 2.24. The summed E-state index contributed by atoms with van der Waals surface area (Å²) in [5.41, 5.74) is 5.22. The van der Waals surface area contributed by atoms with Crippen LogP contribution >= 0.6 is 0 Å². The summed E-state index contributed by atoms with van der Waals surface area (Å²) in [6.07, 6.45) is 0. The molecule has 102 valence electrons. The van der Waals surface area contributed by atoms with E-state index in [1.54, 1.807) is 12.1 Å². The number of halogens is 1. The molecule has 0 radical (unpaired) electrons. The molecule has 3 nitrogen and oxygen atoms in total. The van der Waals surface area contributed by atoms with Crippen LogP contribution in [0, 0.1) is 0 Å². The minimum atomic E-state index is -1.53. The van der Waals surface area contributed by atoms with Crippen LogP contribution in [0.25, 0.3) is 0 Å². The molecular formula is C14H22FNO2. The first-order valence-electron chi connectivity index (χ1n) is 5.86. The second-order valence-corrected chi connectivity index (χ2v) is 5.45. The normalized spacial score (nSPS) is 12.4. The number of nitrogens with two attached hydrogens (primary N) is 1. The highest BCUT2D eigenvalue weighted by atomic mass is 19.1. The van der Waals surface area contributed by atoms with E-state index in [-0.39, 0.29) is 0 Å². The van der Waals surface area contributed by atoms with Crippen molar-refractivity contribution in [3.8, 4) is 11.5 Å². The van der Waals surface area contributed by atoms with E-state index in [2.05, 4.69) is 0 Å². The van der Waals surface area contributed by atoms with Gasteiger partial charge in [0, 0.05) is 11.1 Å². The van der Waals surface area contributed by atoms with Crippen LogP contribution in [0.4, 0.5) is 4.39 Å². The summed E-state index contributed by atoms with van der Waals surface area (Å²) < 4.78 is 24.8. The largest absolute Gasteiger partial charge is 0.493 e.